The van der Waals surface area contributed by atoms with Crippen LogP contribution < -0.4 is 0 Å². The van der Waals surface area contributed by atoms with Crippen LogP contribution in [0.5, 0.6) is 0 Å². The first kappa shape index (κ1) is 12.6. The molecule has 0 unspecified atom stereocenters. The molecule has 2 aromatic rings. The fourth-order valence-electron chi connectivity index (χ4n) is 1.47. The van der Waals surface area contributed by atoms with Gasteiger partial charge in [-0.05, 0) is 19.9 Å². The minimum Gasteiger partial charge on any atom is -0.327 e. The number of aromatic nitrogens is 2. The van der Waals surface area contributed by atoms with Gasteiger partial charge in [0.25, 0.3) is 0 Å². The molecular formula is C11H10Cl2N2OS. The van der Waals surface area contributed by atoms with E-state index in [-0.39, 0.29) is 12.3 Å². The zero-order valence-corrected chi connectivity index (χ0v) is 11.7. The molecule has 0 N–H and O–H groups in total. The highest BCUT2D eigenvalue weighted by molar-refractivity contribution is 7.20. The van der Waals surface area contributed by atoms with Gasteiger partial charge in [0.2, 0.25) is 0 Å². The molecule has 0 spiro atoms. The lowest BCUT2D eigenvalue weighted by Gasteiger charge is -2.03. The van der Waals surface area contributed by atoms with Gasteiger partial charge in [0, 0.05) is 5.69 Å². The Morgan fingerprint density at radius 1 is 1.47 bits per heavy atom. The first-order valence-corrected chi connectivity index (χ1v) is 6.52. The average Bonchev–Trinajstić information content (AvgIpc) is 2.75. The number of aryl methyl sites for hydroxylation is 1. The molecule has 2 rings (SSSR count). The molecule has 2 aromatic heterocycles. The third-order valence-corrected chi connectivity index (χ3v) is 4.10. The first-order chi connectivity index (χ1) is 7.99. The van der Waals surface area contributed by atoms with Crippen molar-refractivity contribution in [2.24, 2.45) is 0 Å². The van der Waals surface area contributed by atoms with Gasteiger partial charge in [-0.2, -0.15) is 0 Å². The standard InChI is InChI=1S/C11H10Cl2N2OS/c1-6-7(2)15(5-14-6)4-9(16)8-3-10(12)17-11(8)13/h3,5H,4H2,1-2H3. The van der Waals surface area contributed by atoms with E-state index in [1.165, 1.54) is 11.3 Å². The van der Waals surface area contributed by atoms with Gasteiger partial charge in [-0.25, -0.2) is 4.98 Å². The molecule has 0 aliphatic rings. The molecule has 0 fully saturated rings. The summed E-state index contributed by atoms with van der Waals surface area (Å²) in [4.78, 5) is 16.2. The van der Waals surface area contributed by atoms with Gasteiger partial charge < -0.3 is 4.57 Å². The largest absolute Gasteiger partial charge is 0.327 e. The fourth-order valence-corrected chi connectivity index (χ4v) is 2.97. The van der Waals surface area contributed by atoms with Crippen LogP contribution in [0, 0.1) is 13.8 Å². The molecule has 2 heterocycles. The number of carbonyl (C=O) groups excluding carboxylic acids is 1. The lowest BCUT2D eigenvalue weighted by molar-refractivity contribution is 0.0972. The second-order valence-electron chi connectivity index (χ2n) is 3.70. The molecule has 6 heteroatoms. The molecule has 0 aliphatic heterocycles. The van der Waals surface area contributed by atoms with Gasteiger partial charge in [-0.1, -0.05) is 23.2 Å². The molecule has 0 radical (unpaired) electrons. The van der Waals surface area contributed by atoms with Crippen LogP contribution in [0.4, 0.5) is 0 Å². The number of carbonyl (C=O) groups is 1. The molecular weight excluding hydrogens is 279 g/mol. The summed E-state index contributed by atoms with van der Waals surface area (Å²) in [6.07, 6.45) is 1.66. The number of halogens is 2. The Morgan fingerprint density at radius 3 is 2.65 bits per heavy atom. The molecule has 3 nitrogen and oxygen atoms in total. The molecule has 17 heavy (non-hydrogen) atoms. The summed E-state index contributed by atoms with van der Waals surface area (Å²) < 4.78 is 2.77. The van der Waals surface area contributed by atoms with Crippen molar-refractivity contribution in [1.82, 2.24) is 9.55 Å². The maximum atomic E-state index is 12.0. The summed E-state index contributed by atoms with van der Waals surface area (Å²) in [6, 6.07) is 1.61. The summed E-state index contributed by atoms with van der Waals surface area (Å²) in [6.45, 7) is 4.07. The van der Waals surface area contributed by atoms with Gasteiger partial charge in [0.05, 0.1) is 28.5 Å². The van der Waals surface area contributed by atoms with E-state index in [1.54, 1.807) is 17.0 Å². The summed E-state index contributed by atoms with van der Waals surface area (Å²) >= 11 is 13.0. The molecule has 0 saturated heterocycles. The predicted molar refractivity (Wildman–Crippen MR) is 70.4 cm³/mol. The Labute approximate surface area is 113 Å². The second kappa shape index (κ2) is 4.80. The number of Topliss-reactive ketones (excluding diaryl/α,β-unsaturated/α-hetero) is 1. The van der Waals surface area contributed by atoms with Gasteiger partial charge in [0.15, 0.2) is 5.78 Å². The maximum absolute atomic E-state index is 12.0. The Kier molecular flexibility index (Phi) is 3.56. The van der Waals surface area contributed by atoms with Crippen molar-refractivity contribution >= 4 is 40.3 Å². The van der Waals surface area contributed by atoms with Crippen LogP contribution in [-0.2, 0) is 6.54 Å². The number of rotatable bonds is 3. The van der Waals surface area contributed by atoms with E-state index < -0.39 is 0 Å². The van der Waals surface area contributed by atoms with Crippen LogP contribution in [0.25, 0.3) is 0 Å². The fraction of sp³-hybridized carbons (Fsp3) is 0.273. The van der Waals surface area contributed by atoms with E-state index >= 15 is 0 Å². The predicted octanol–water partition coefficient (Wildman–Crippen LogP) is 3.75. The number of hydrogen-bond donors (Lipinski definition) is 0. The van der Waals surface area contributed by atoms with Gasteiger partial charge >= 0.3 is 0 Å². The van der Waals surface area contributed by atoms with Crippen LogP contribution in [0.15, 0.2) is 12.4 Å². The lowest BCUT2D eigenvalue weighted by atomic mass is 10.2. The zero-order chi connectivity index (χ0) is 12.6. The zero-order valence-electron chi connectivity index (χ0n) is 9.33. The molecule has 0 amide bonds. The monoisotopic (exact) mass is 288 g/mol. The lowest BCUT2D eigenvalue weighted by Crippen LogP contribution is -2.10. The van der Waals surface area contributed by atoms with Crippen LogP contribution in [0.1, 0.15) is 21.7 Å². The van der Waals surface area contributed by atoms with Crippen LogP contribution in [0.3, 0.4) is 0 Å². The topological polar surface area (TPSA) is 34.9 Å². The average molecular weight is 289 g/mol. The molecule has 90 valence electrons. The van der Waals surface area contributed by atoms with Crippen molar-refractivity contribution in [3.05, 3.63) is 38.0 Å². The van der Waals surface area contributed by atoms with Crippen LogP contribution >= 0.6 is 34.5 Å². The van der Waals surface area contributed by atoms with E-state index in [9.17, 15) is 4.79 Å². The number of nitrogens with zero attached hydrogens (tertiary/aromatic N) is 2. The van der Waals surface area contributed by atoms with Crippen molar-refractivity contribution in [1.29, 1.82) is 0 Å². The summed E-state index contributed by atoms with van der Waals surface area (Å²) in [5.74, 6) is -0.0568. The Hall–Kier alpha value is -0.840. The maximum Gasteiger partial charge on any atom is 0.184 e. The Bertz CT molecular complexity index is 574. The number of hydrogen-bond acceptors (Lipinski definition) is 3. The molecule has 0 aromatic carbocycles. The highest BCUT2D eigenvalue weighted by Crippen LogP contribution is 2.31. The van der Waals surface area contributed by atoms with E-state index in [0.717, 1.165) is 11.4 Å². The number of imidazole rings is 1. The van der Waals surface area contributed by atoms with Gasteiger partial charge in [0.1, 0.15) is 4.34 Å². The van der Waals surface area contributed by atoms with E-state index in [4.69, 9.17) is 23.2 Å². The van der Waals surface area contributed by atoms with E-state index in [0.29, 0.717) is 14.2 Å². The van der Waals surface area contributed by atoms with Gasteiger partial charge in [-0.3, -0.25) is 4.79 Å². The third-order valence-electron chi connectivity index (χ3n) is 2.62. The summed E-state index contributed by atoms with van der Waals surface area (Å²) in [7, 11) is 0. The molecule has 0 bridgehead atoms. The van der Waals surface area contributed by atoms with Crippen molar-refractivity contribution in [3.63, 3.8) is 0 Å². The number of ketones is 1. The summed E-state index contributed by atoms with van der Waals surface area (Å²) in [5.41, 5.74) is 2.38. The van der Waals surface area contributed by atoms with Crippen molar-refractivity contribution in [2.75, 3.05) is 0 Å². The van der Waals surface area contributed by atoms with Crippen LogP contribution in [0.2, 0.25) is 8.67 Å². The minimum absolute atomic E-state index is 0.0568. The Morgan fingerprint density at radius 2 is 2.18 bits per heavy atom. The molecule has 0 atom stereocenters. The van der Waals surface area contributed by atoms with Crippen molar-refractivity contribution in [3.8, 4) is 0 Å². The van der Waals surface area contributed by atoms with E-state index in [2.05, 4.69) is 4.98 Å². The minimum atomic E-state index is -0.0568. The molecule has 0 saturated carbocycles. The van der Waals surface area contributed by atoms with E-state index in [1.807, 2.05) is 13.8 Å². The highest BCUT2D eigenvalue weighted by atomic mass is 35.5. The third kappa shape index (κ3) is 2.54. The highest BCUT2D eigenvalue weighted by Gasteiger charge is 2.15. The molecule has 0 aliphatic carbocycles. The quantitative estimate of drug-likeness (QED) is 0.806. The van der Waals surface area contributed by atoms with Crippen molar-refractivity contribution < 1.29 is 4.79 Å². The summed E-state index contributed by atoms with van der Waals surface area (Å²) in [5, 5.41) is 0. The van der Waals surface area contributed by atoms with Gasteiger partial charge in [-0.15, -0.1) is 11.3 Å². The van der Waals surface area contributed by atoms with Crippen molar-refractivity contribution in [2.45, 2.75) is 20.4 Å². The second-order valence-corrected chi connectivity index (χ2v) is 5.99. The normalized spacial score (nSPS) is 10.8. The SMILES string of the molecule is Cc1ncn(CC(=O)c2cc(Cl)sc2Cl)c1C. The smallest absolute Gasteiger partial charge is 0.184 e. The first-order valence-electron chi connectivity index (χ1n) is 4.95. The van der Waals surface area contributed by atoms with Crippen LogP contribution in [-0.4, -0.2) is 15.3 Å². The number of thiophene rings is 1. The Balaban J connectivity index is 2.23.